The van der Waals surface area contributed by atoms with E-state index in [4.69, 9.17) is 10.00 Å². The lowest BCUT2D eigenvalue weighted by molar-refractivity contribution is 0.0277. The second kappa shape index (κ2) is 8.08. The molecule has 1 fully saturated rings. The van der Waals surface area contributed by atoms with Crippen LogP contribution in [-0.2, 0) is 11.2 Å². The van der Waals surface area contributed by atoms with Gasteiger partial charge >= 0.3 is 0 Å². The Hall–Kier alpha value is -3.41. The number of benzene rings is 1. The van der Waals surface area contributed by atoms with Gasteiger partial charge in [0.05, 0.1) is 25.1 Å². The minimum Gasteiger partial charge on any atom is -0.371 e. The van der Waals surface area contributed by atoms with Gasteiger partial charge in [-0.3, -0.25) is 4.79 Å². The summed E-state index contributed by atoms with van der Waals surface area (Å²) in [6.45, 7) is 2.38. The highest BCUT2D eigenvalue weighted by molar-refractivity contribution is 5.95. The molecule has 4 rings (SSSR count). The molecule has 0 spiro atoms. The van der Waals surface area contributed by atoms with Gasteiger partial charge in [0.25, 0.3) is 0 Å². The quantitative estimate of drug-likeness (QED) is 0.677. The summed E-state index contributed by atoms with van der Waals surface area (Å²) in [6, 6.07) is 11.5. The van der Waals surface area contributed by atoms with Gasteiger partial charge in [-0.2, -0.15) is 10.4 Å². The fraction of sp³-hybridized carbons (Fsp3) is 0.250. The molecular formula is C20H18N6O2. The molecule has 0 bridgehead atoms. The maximum absolute atomic E-state index is 12.6. The molecule has 0 saturated carbocycles. The molecule has 1 saturated heterocycles. The fourth-order valence-corrected chi connectivity index (χ4v) is 3.00. The second-order valence-electron chi connectivity index (χ2n) is 6.42. The number of ketones is 1. The van der Waals surface area contributed by atoms with Gasteiger partial charge in [-0.05, 0) is 17.2 Å². The summed E-state index contributed by atoms with van der Waals surface area (Å²) in [5, 5.41) is 16.4. The van der Waals surface area contributed by atoms with Gasteiger partial charge in [0.2, 0.25) is 0 Å². The summed E-state index contributed by atoms with van der Waals surface area (Å²) in [5.74, 6) is 0.368. The summed E-state index contributed by atoms with van der Waals surface area (Å²) in [4.78, 5) is 20.6. The van der Waals surface area contributed by atoms with Crippen LogP contribution in [0.5, 0.6) is 0 Å². The smallest absolute Gasteiger partial charge is 0.187 e. The van der Waals surface area contributed by atoms with Crippen molar-refractivity contribution in [3.8, 4) is 11.9 Å². The Morgan fingerprint density at radius 2 is 2.11 bits per heavy atom. The van der Waals surface area contributed by atoms with Gasteiger partial charge < -0.3 is 10.1 Å². The number of ether oxygens (including phenoxy) is 1. The molecule has 1 aliphatic heterocycles. The van der Waals surface area contributed by atoms with Gasteiger partial charge in [-0.15, -0.1) is 0 Å². The van der Waals surface area contributed by atoms with Crippen LogP contribution >= 0.6 is 0 Å². The van der Waals surface area contributed by atoms with E-state index in [1.54, 1.807) is 12.3 Å². The zero-order valence-corrected chi connectivity index (χ0v) is 15.1. The molecule has 1 N–H and O–H groups in total. The highest BCUT2D eigenvalue weighted by Crippen LogP contribution is 2.19. The van der Waals surface area contributed by atoms with Gasteiger partial charge in [0.1, 0.15) is 11.8 Å². The van der Waals surface area contributed by atoms with Gasteiger partial charge in [-0.25, -0.2) is 14.6 Å². The second-order valence-corrected chi connectivity index (χ2v) is 6.42. The lowest BCUT2D eigenvalue weighted by atomic mass is 10.0. The Labute approximate surface area is 161 Å². The van der Waals surface area contributed by atoms with E-state index in [1.165, 1.54) is 17.1 Å². The zero-order chi connectivity index (χ0) is 19.3. The fourth-order valence-electron chi connectivity index (χ4n) is 3.00. The topological polar surface area (TPSA) is 106 Å². The van der Waals surface area contributed by atoms with Gasteiger partial charge in [0.15, 0.2) is 17.3 Å². The first-order chi connectivity index (χ1) is 13.7. The lowest BCUT2D eigenvalue weighted by Gasteiger charge is -2.24. The van der Waals surface area contributed by atoms with Crippen molar-refractivity contribution in [3.05, 3.63) is 71.4 Å². The molecule has 0 amide bonds. The minimum absolute atomic E-state index is 0.0581. The van der Waals surface area contributed by atoms with Gasteiger partial charge in [0, 0.05) is 25.7 Å². The standard InChI is InChI=1S/C20H18N6O2/c21-10-16-11-24-20(13-23-16)26-7-5-17(25-26)18(27)9-14-1-3-15(4-2-14)19-12-22-6-8-28-19/h1-5,7,11,13,19,22H,6,8-9,12H2/t19-/m1/s1. The Morgan fingerprint density at radius 3 is 2.79 bits per heavy atom. The highest BCUT2D eigenvalue weighted by atomic mass is 16.5. The van der Waals surface area contributed by atoms with E-state index >= 15 is 0 Å². The van der Waals surface area contributed by atoms with Crippen molar-refractivity contribution in [1.82, 2.24) is 25.1 Å². The van der Waals surface area contributed by atoms with Crippen molar-refractivity contribution >= 4 is 5.78 Å². The van der Waals surface area contributed by atoms with E-state index in [0.29, 0.717) is 18.1 Å². The minimum atomic E-state index is -0.0799. The Bertz CT molecular complexity index is 998. The number of nitriles is 1. The average molecular weight is 374 g/mol. The zero-order valence-electron chi connectivity index (χ0n) is 15.1. The summed E-state index contributed by atoms with van der Waals surface area (Å²) < 4.78 is 7.21. The van der Waals surface area contributed by atoms with E-state index in [2.05, 4.69) is 20.4 Å². The lowest BCUT2D eigenvalue weighted by Crippen LogP contribution is -2.33. The normalized spacial score (nSPS) is 16.5. The SMILES string of the molecule is N#Cc1cnc(-n2ccc(C(=O)Cc3ccc([C@H]4CNCCO4)cc3)n2)cn1. The number of carbonyl (C=O) groups is 1. The Kier molecular flexibility index (Phi) is 5.19. The van der Waals surface area contributed by atoms with Crippen molar-refractivity contribution in [2.75, 3.05) is 19.7 Å². The largest absolute Gasteiger partial charge is 0.371 e. The first-order valence-electron chi connectivity index (χ1n) is 8.95. The van der Waals surface area contributed by atoms with Gasteiger partial charge in [-0.1, -0.05) is 24.3 Å². The molecule has 28 heavy (non-hydrogen) atoms. The van der Waals surface area contributed by atoms with Crippen LogP contribution in [0.2, 0.25) is 0 Å². The monoisotopic (exact) mass is 374 g/mol. The first-order valence-corrected chi connectivity index (χ1v) is 8.95. The maximum atomic E-state index is 12.6. The summed E-state index contributed by atoms with van der Waals surface area (Å²) in [6.07, 6.45) is 4.79. The number of nitrogens with one attached hydrogen (secondary N) is 1. The van der Waals surface area contributed by atoms with Crippen molar-refractivity contribution in [2.24, 2.45) is 0 Å². The van der Waals surface area contributed by atoms with Crippen molar-refractivity contribution in [2.45, 2.75) is 12.5 Å². The molecule has 0 unspecified atom stereocenters. The third kappa shape index (κ3) is 3.96. The Morgan fingerprint density at radius 1 is 1.25 bits per heavy atom. The third-order valence-corrected chi connectivity index (χ3v) is 4.51. The van der Waals surface area contributed by atoms with E-state index in [9.17, 15) is 4.79 Å². The molecule has 8 nitrogen and oxygen atoms in total. The number of aromatic nitrogens is 4. The van der Waals surface area contributed by atoms with Crippen LogP contribution in [0.1, 0.15) is 33.4 Å². The van der Waals surface area contributed by atoms with E-state index < -0.39 is 0 Å². The predicted octanol–water partition coefficient (Wildman–Crippen LogP) is 1.62. The number of nitrogens with zero attached hydrogens (tertiary/aromatic N) is 5. The van der Waals surface area contributed by atoms with E-state index in [1.807, 2.05) is 30.3 Å². The summed E-state index contributed by atoms with van der Waals surface area (Å²) >= 11 is 0. The molecule has 140 valence electrons. The summed E-state index contributed by atoms with van der Waals surface area (Å²) in [5.41, 5.74) is 2.61. The van der Waals surface area contributed by atoms with E-state index in [-0.39, 0.29) is 24.0 Å². The molecule has 3 aromatic rings. The van der Waals surface area contributed by atoms with Crippen LogP contribution in [0.25, 0.3) is 5.82 Å². The Balaban J connectivity index is 1.42. The molecule has 0 aliphatic carbocycles. The van der Waals surface area contributed by atoms with Crippen molar-refractivity contribution in [1.29, 1.82) is 5.26 Å². The highest BCUT2D eigenvalue weighted by Gasteiger charge is 2.16. The molecule has 1 atom stereocenters. The molecular weight excluding hydrogens is 356 g/mol. The molecule has 1 aliphatic rings. The third-order valence-electron chi connectivity index (χ3n) is 4.51. The molecule has 2 aromatic heterocycles. The first kappa shape index (κ1) is 18.0. The number of hydrogen-bond donors (Lipinski definition) is 1. The number of carbonyl (C=O) groups excluding carboxylic acids is 1. The van der Waals surface area contributed by atoms with Crippen LogP contribution in [-0.4, -0.2) is 45.2 Å². The molecule has 8 heteroatoms. The number of Topliss-reactive ketones (excluding diaryl/α,β-unsaturated/α-hetero) is 1. The van der Waals surface area contributed by atoms with Crippen molar-refractivity contribution < 1.29 is 9.53 Å². The van der Waals surface area contributed by atoms with Crippen LogP contribution in [0, 0.1) is 11.3 Å². The number of morpholine rings is 1. The van der Waals surface area contributed by atoms with Crippen molar-refractivity contribution in [3.63, 3.8) is 0 Å². The van der Waals surface area contributed by atoms with Crippen LogP contribution in [0.3, 0.4) is 0 Å². The molecule has 3 heterocycles. The molecule has 1 aromatic carbocycles. The number of rotatable bonds is 5. The van der Waals surface area contributed by atoms with Crippen LogP contribution in [0.4, 0.5) is 0 Å². The predicted molar refractivity (Wildman–Crippen MR) is 99.9 cm³/mol. The average Bonchev–Trinajstić information content (AvgIpc) is 3.25. The number of hydrogen-bond acceptors (Lipinski definition) is 7. The van der Waals surface area contributed by atoms with Crippen LogP contribution in [0.15, 0.2) is 48.9 Å². The molecule has 0 radical (unpaired) electrons. The maximum Gasteiger partial charge on any atom is 0.187 e. The summed E-state index contributed by atoms with van der Waals surface area (Å²) in [7, 11) is 0. The van der Waals surface area contributed by atoms with Crippen LogP contribution < -0.4 is 5.32 Å². The van der Waals surface area contributed by atoms with E-state index in [0.717, 1.165) is 24.2 Å².